The monoisotopic (exact) mass is 246 g/mol. The average Bonchev–Trinajstić information content (AvgIpc) is 2.32. The molecule has 0 radical (unpaired) electrons. The molecule has 0 aromatic heterocycles. The highest BCUT2D eigenvalue weighted by molar-refractivity contribution is 5.95. The molecule has 1 atom stereocenters. The number of nitrogens with one attached hydrogen (secondary N) is 1. The number of benzene rings is 1. The summed E-state index contributed by atoms with van der Waals surface area (Å²) < 4.78 is 5.10. The van der Waals surface area contributed by atoms with Crippen LogP contribution in [0.15, 0.2) is 18.2 Å². The Hall–Kier alpha value is -2.02. The van der Waals surface area contributed by atoms with Gasteiger partial charge in [-0.25, -0.2) is 0 Å². The van der Waals surface area contributed by atoms with Crippen molar-refractivity contribution in [3.05, 3.63) is 23.8 Å². The van der Waals surface area contributed by atoms with Crippen LogP contribution in [0.2, 0.25) is 0 Å². The highest BCUT2D eigenvalue weighted by atomic mass is 16.5. The van der Waals surface area contributed by atoms with Gasteiger partial charge in [-0.05, 0) is 36.6 Å². The number of nitriles is 1. The Morgan fingerprint density at radius 1 is 1.44 bits per heavy atom. The van der Waals surface area contributed by atoms with Gasteiger partial charge in [0, 0.05) is 5.69 Å². The molecule has 1 amide bonds. The van der Waals surface area contributed by atoms with Crippen LogP contribution in [0.3, 0.4) is 0 Å². The molecule has 0 saturated carbocycles. The number of carbonyl (C=O) groups is 1. The summed E-state index contributed by atoms with van der Waals surface area (Å²) in [7, 11) is 1.59. The van der Waals surface area contributed by atoms with E-state index in [-0.39, 0.29) is 11.8 Å². The number of carbonyl (C=O) groups excluding carboxylic acids is 1. The van der Waals surface area contributed by atoms with Crippen molar-refractivity contribution in [3.8, 4) is 11.8 Å². The third-order valence-corrected chi connectivity index (χ3v) is 2.78. The zero-order valence-electron chi connectivity index (χ0n) is 11.2. The summed E-state index contributed by atoms with van der Waals surface area (Å²) in [6.07, 6.45) is 0. The summed E-state index contributed by atoms with van der Waals surface area (Å²) in [6, 6.07) is 7.42. The Morgan fingerprint density at radius 2 is 2.11 bits per heavy atom. The van der Waals surface area contributed by atoms with Crippen LogP contribution in [0, 0.1) is 30.1 Å². The molecule has 1 N–H and O–H groups in total. The lowest BCUT2D eigenvalue weighted by Crippen LogP contribution is -2.25. The normalized spacial score (nSPS) is 11.8. The van der Waals surface area contributed by atoms with Gasteiger partial charge in [-0.1, -0.05) is 13.8 Å². The van der Waals surface area contributed by atoms with Crippen molar-refractivity contribution in [2.45, 2.75) is 20.8 Å². The van der Waals surface area contributed by atoms with Crippen LogP contribution in [-0.4, -0.2) is 13.0 Å². The number of methoxy groups -OCH3 is 1. The Bertz CT molecular complexity index is 475. The molecular weight excluding hydrogens is 228 g/mol. The number of amides is 1. The van der Waals surface area contributed by atoms with E-state index < -0.39 is 5.92 Å². The molecule has 0 aliphatic carbocycles. The van der Waals surface area contributed by atoms with E-state index >= 15 is 0 Å². The molecule has 1 aromatic carbocycles. The number of hydrogen-bond acceptors (Lipinski definition) is 3. The first kappa shape index (κ1) is 14.0. The highest BCUT2D eigenvalue weighted by Crippen LogP contribution is 2.22. The fourth-order valence-corrected chi connectivity index (χ4v) is 1.62. The number of ether oxygens (including phenoxy) is 1. The Morgan fingerprint density at radius 3 is 2.56 bits per heavy atom. The minimum Gasteiger partial charge on any atom is -0.497 e. The molecule has 0 heterocycles. The fourth-order valence-electron chi connectivity index (χ4n) is 1.62. The zero-order valence-corrected chi connectivity index (χ0v) is 11.2. The first-order chi connectivity index (χ1) is 8.49. The third kappa shape index (κ3) is 3.24. The molecule has 0 saturated heterocycles. The van der Waals surface area contributed by atoms with Crippen LogP contribution in [0.5, 0.6) is 5.75 Å². The van der Waals surface area contributed by atoms with E-state index in [0.29, 0.717) is 5.69 Å². The van der Waals surface area contributed by atoms with Crippen molar-refractivity contribution < 1.29 is 9.53 Å². The van der Waals surface area contributed by atoms with Crippen LogP contribution in [0.1, 0.15) is 19.4 Å². The summed E-state index contributed by atoms with van der Waals surface area (Å²) in [5, 5.41) is 11.7. The van der Waals surface area contributed by atoms with Crippen molar-refractivity contribution in [1.82, 2.24) is 0 Å². The fraction of sp³-hybridized carbons (Fsp3) is 0.429. The van der Waals surface area contributed by atoms with Crippen molar-refractivity contribution in [1.29, 1.82) is 5.26 Å². The second-order valence-corrected chi connectivity index (χ2v) is 4.52. The van der Waals surface area contributed by atoms with Gasteiger partial charge in [0.2, 0.25) is 5.91 Å². The lowest BCUT2D eigenvalue weighted by Gasteiger charge is -2.15. The van der Waals surface area contributed by atoms with E-state index in [9.17, 15) is 4.79 Å². The molecule has 1 aromatic rings. The topological polar surface area (TPSA) is 62.1 Å². The summed E-state index contributed by atoms with van der Waals surface area (Å²) >= 11 is 0. The quantitative estimate of drug-likeness (QED) is 0.888. The van der Waals surface area contributed by atoms with Gasteiger partial charge in [0.25, 0.3) is 0 Å². The maximum absolute atomic E-state index is 11.9. The number of nitrogens with zero attached hydrogens (tertiary/aromatic N) is 1. The van der Waals surface area contributed by atoms with Crippen molar-refractivity contribution in [2.24, 2.45) is 11.8 Å². The molecule has 4 heteroatoms. The van der Waals surface area contributed by atoms with Crippen molar-refractivity contribution >= 4 is 11.6 Å². The predicted octanol–water partition coefficient (Wildman–Crippen LogP) is 2.74. The minimum atomic E-state index is -0.633. The number of hydrogen-bond donors (Lipinski definition) is 1. The summed E-state index contributed by atoms with van der Waals surface area (Å²) in [4.78, 5) is 11.9. The molecular formula is C14H18N2O2. The molecule has 0 fully saturated rings. The van der Waals surface area contributed by atoms with Gasteiger partial charge in [-0.3, -0.25) is 4.79 Å². The molecule has 4 nitrogen and oxygen atoms in total. The number of rotatable bonds is 4. The summed E-state index contributed by atoms with van der Waals surface area (Å²) in [6.45, 7) is 5.59. The average molecular weight is 246 g/mol. The lowest BCUT2D eigenvalue weighted by molar-refractivity contribution is -0.119. The van der Waals surface area contributed by atoms with E-state index in [0.717, 1.165) is 11.3 Å². The van der Waals surface area contributed by atoms with Gasteiger partial charge in [-0.2, -0.15) is 5.26 Å². The first-order valence-electron chi connectivity index (χ1n) is 5.84. The summed E-state index contributed by atoms with van der Waals surface area (Å²) in [5.41, 5.74) is 1.62. The number of anilines is 1. The van der Waals surface area contributed by atoms with E-state index in [4.69, 9.17) is 10.00 Å². The SMILES string of the molecule is COc1ccc(NC(=O)C(C#N)C(C)C)c(C)c1. The molecule has 18 heavy (non-hydrogen) atoms. The van der Waals surface area contributed by atoms with Gasteiger partial charge in [0.05, 0.1) is 13.2 Å². The van der Waals surface area contributed by atoms with E-state index in [1.54, 1.807) is 19.2 Å². The Kier molecular flexibility index (Phi) is 4.73. The minimum absolute atomic E-state index is 0.00597. The van der Waals surface area contributed by atoms with E-state index in [2.05, 4.69) is 5.32 Å². The van der Waals surface area contributed by atoms with E-state index in [1.165, 1.54) is 0 Å². The van der Waals surface area contributed by atoms with Crippen LogP contribution >= 0.6 is 0 Å². The molecule has 96 valence electrons. The van der Waals surface area contributed by atoms with Crippen LogP contribution in [0.4, 0.5) is 5.69 Å². The molecule has 1 rings (SSSR count). The zero-order chi connectivity index (χ0) is 13.7. The Balaban J connectivity index is 2.85. The molecule has 0 aliphatic rings. The maximum atomic E-state index is 11.9. The van der Waals surface area contributed by atoms with E-state index in [1.807, 2.05) is 32.9 Å². The standard InChI is InChI=1S/C14H18N2O2/c1-9(2)12(8-15)14(17)16-13-6-5-11(18-4)7-10(13)3/h5-7,9,12H,1-4H3,(H,16,17). The smallest absolute Gasteiger partial charge is 0.241 e. The highest BCUT2D eigenvalue weighted by Gasteiger charge is 2.22. The summed E-state index contributed by atoms with van der Waals surface area (Å²) in [5.74, 6) is -0.160. The first-order valence-corrected chi connectivity index (χ1v) is 5.84. The van der Waals surface area contributed by atoms with Crippen LogP contribution in [-0.2, 0) is 4.79 Å². The number of aryl methyl sites for hydroxylation is 1. The lowest BCUT2D eigenvalue weighted by atomic mass is 9.96. The van der Waals surface area contributed by atoms with Crippen LogP contribution in [0.25, 0.3) is 0 Å². The van der Waals surface area contributed by atoms with Gasteiger partial charge in [0.1, 0.15) is 11.7 Å². The molecule has 0 spiro atoms. The largest absolute Gasteiger partial charge is 0.497 e. The van der Waals surface area contributed by atoms with Gasteiger partial charge in [0.15, 0.2) is 0 Å². The van der Waals surface area contributed by atoms with Crippen LogP contribution < -0.4 is 10.1 Å². The third-order valence-electron chi connectivity index (χ3n) is 2.78. The Labute approximate surface area is 108 Å². The molecule has 0 aliphatic heterocycles. The van der Waals surface area contributed by atoms with Crippen molar-refractivity contribution in [3.63, 3.8) is 0 Å². The predicted molar refractivity (Wildman–Crippen MR) is 70.3 cm³/mol. The second-order valence-electron chi connectivity index (χ2n) is 4.52. The van der Waals surface area contributed by atoms with Gasteiger partial charge in [-0.15, -0.1) is 0 Å². The molecule has 0 bridgehead atoms. The van der Waals surface area contributed by atoms with Gasteiger partial charge >= 0.3 is 0 Å². The maximum Gasteiger partial charge on any atom is 0.241 e. The molecule has 1 unspecified atom stereocenters. The van der Waals surface area contributed by atoms with Crippen molar-refractivity contribution in [2.75, 3.05) is 12.4 Å². The second kappa shape index (κ2) is 6.06. The van der Waals surface area contributed by atoms with Gasteiger partial charge < -0.3 is 10.1 Å².